The van der Waals surface area contributed by atoms with E-state index in [0.29, 0.717) is 12.1 Å². The number of nitrogen functional groups attached to an aromatic ring is 1. The molecule has 0 bridgehead atoms. The number of likely N-dealkylation sites (tertiary alicyclic amines) is 1. The molecule has 1 aliphatic heterocycles. The highest BCUT2D eigenvalue weighted by molar-refractivity contribution is 7.81. The average Bonchev–Trinajstić information content (AvgIpc) is 3.16. The number of anilines is 1. The molecule has 30 heavy (non-hydrogen) atoms. The van der Waals surface area contributed by atoms with Crippen molar-refractivity contribution in [3.05, 3.63) is 65.7 Å². The fraction of sp³-hybridized carbons (Fsp3) is 0.318. The first-order valence-corrected chi connectivity index (χ1v) is 10.2. The summed E-state index contributed by atoms with van der Waals surface area (Å²) in [5.74, 6) is -2.56. The Morgan fingerprint density at radius 1 is 1.13 bits per heavy atom. The van der Waals surface area contributed by atoms with E-state index in [4.69, 9.17) is 11.5 Å². The van der Waals surface area contributed by atoms with Crippen LogP contribution in [0.25, 0.3) is 0 Å². The molecular weight excluding hydrogens is 402 g/mol. The van der Waals surface area contributed by atoms with E-state index in [1.54, 1.807) is 24.3 Å². The maximum absolute atomic E-state index is 13.5. The molecule has 2 aromatic carbocycles. The van der Waals surface area contributed by atoms with Crippen molar-refractivity contribution in [3.63, 3.8) is 0 Å². The van der Waals surface area contributed by atoms with E-state index in [0.717, 1.165) is 11.1 Å². The molecule has 0 spiro atoms. The van der Waals surface area contributed by atoms with Crippen LogP contribution in [0.2, 0.25) is 0 Å². The molecule has 5 N–H and O–H groups in total. The third-order valence-electron chi connectivity index (χ3n) is 5.62. The summed E-state index contributed by atoms with van der Waals surface area (Å²) in [6.45, 7) is -0.465. The number of Topliss-reactive ketones (excluding diaryl/α,β-unsaturated/α-hetero) is 1. The third-order valence-corrected chi connectivity index (χ3v) is 6.02. The van der Waals surface area contributed by atoms with E-state index < -0.39 is 41.0 Å². The normalized spacial score (nSPS) is 21.9. The largest absolute Gasteiger partial charge is 0.479 e. The van der Waals surface area contributed by atoms with Crippen LogP contribution in [0.3, 0.4) is 0 Å². The van der Waals surface area contributed by atoms with Crippen molar-refractivity contribution >= 4 is 36.0 Å². The molecule has 0 radical (unpaired) electrons. The summed E-state index contributed by atoms with van der Waals surface area (Å²) in [4.78, 5) is 39.8. The topological polar surface area (TPSA) is 127 Å². The fourth-order valence-corrected chi connectivity index (χ4v) is 4.43. The van der Waals surface area contributed by atoms with Gasteiger partial charge < -0.3 is 21.5 Å². The molecule has 3 unspecified atom stereocenters. The molecule has 3 atom stereocenters. The quantitative estimate of drug-likeness (QED) is 0.303. The lowest BCUT2D eigenvalue weighted by Gasteiger charge is -2.38. The van der Waals surface area contributed by atoms with Crippen molar-refractivity contribution in [1.29, 1.82) is 0 Å². The van der Waals surface area contributed by atoms with Gasteiger partial charge in [-0.1, -0.05) is 42.5 Å². The first-order chi connectivity index (χ1) is 14.3. The predicted octanol–water partition coefficient (Wildman–Crippen LogP) is 1.82. The zero-order chi connectivity index (χ0) is 21.9. The second-order valence-electron chi connectivity index (χ2n) is 7.43. The van der Waals surface area contributed by atoms with Crippen molar-refractivity contribution in [1.82, 2.24) is 4.90 Å². The molecule has 0 saturated carbocycles. The molecule has 0 aliphatic carbocycles. The molecule has 1 saturated heterocycles. The molecule has 3 rings (SSSR count). The lowest BCUT2D eigenvalue weighted by atomic mass is 9.90. The van der Waals surface area contributed by atoms with Gasteiger partial charge >= 0.3 is 5.97 Å². The van der Waals surface area contributed by atoms with E-state index in [2.05, 4.69) is 12.6 Å². The summed E-state index contributed by atoms with van der Waals surface area (Å²) in [5, 5.41) is 9.21. The number of nitrogens with zero attached hydrogens (tertiary/aromatic N) is 1. The average molecular weight is 428 g/mol. The predicted molar refractivity (Wildman–Crippen MR) is 117 cm³/mol. The smallest absolute Gasteiger partial charge is 0.337 e. The second kappa shape index (κ2) is 8.89. The molecule has 2 aromatic rings. The summed E-state index contributed by atoms with van der Waals surface area (Å²) in [7, 11) is 0. The lowest BCUT2D eigenvalue weighted by Crippen LogP contribution is -2.62. The summed E-state index contributed by atoms with van der Waals surface area (Å²) < 4.78 is 0. The van der Waals surface area contributed by atoms with Crippen LogP contribution in [0.15, 0.2) is 54.6 Å². The van der Waals surface area contributed by atoms with Crippen LogP contribution >= 0.6 is 12.6 Å². The number of rotatable bonds is 7. The van der Waals surface area contributed by atoms with Gasteiger partial charge in [0, 0.05) is 5.69 Å². The first kappa shape index (κ1) is 21.9. The van der Waals surface area contributed by atoms with Gasteiger partial charge in [0.25, 0.3) is 0 Å². The fourth-order valence-electron chi connectivity index (χ4n) is 4.09. The number of thiol groups is 1. The Labute approximate surface area is 180 Å². The Morgan fingerprint density at radius 2 is 1.77 bits per heavy atom. The second-order valence-corrected chi connectivity index (χ2v) is 8.05. The maximum atomic E-state index is 13.5. The van der Waals surface area contributed by atoms with E-state index in [1.807, 2.05) is 30.3 Å². The Morgan fingerprint density at radius 3 is 2.33 bits per heavy atom. The maximum Gasteiger partial charge on any atom is 0.337 e. The number of ketones is 1. The first-order valence-electron chi connectivity index (χ1n) is 9.68. The van der Waals surface area contributed by atoms with Crippen LogP contribution in [0, 0.1) is 0 Å². The number of amides is 1. The Hall–Kier alpha value is -2.84. The number of carbonyl (C=O) groups excluding carboxylic acids is 2. The standard InChI is InChI=1S/C22H25N3O4S/c23-13-19(26)22(21(28)29)11-10-17(15-4-2-1-3-5-15)25(22)20(27)18(30)12-14-6-8-16(24)9-7-14/h1-9,17-18,30H,10-13,23-24H2,(H,28,29). The van der Waals surface area contributed by atoms with Crippen LogP contribution in [0.4, 0.5) is 5.69 Å². The molecule has 1 amide bonds. The van der Waals surface area contributed by atoms with Gasteiger partial charge in [0.05, 0.1) is 17.8 Å². The van der Waals surface area contributed by atoms with Crippen LogP contribution in [0.1, 0.15) is 30.0 Å². The monoisotopic (exact) mass is 427 g/mol. The minimum atomic E-state index is -1.99. The van der Waals surface area contributed by atoms with Crippen LogP contribution in [0.5, 0.6) is 0 Å². The van der Waals surface area contributed by atoms with E-state index in [1.165, 1.54) is 4.90 Å². The molecule has 1 fully saturated rings. The number of nitrogens with two attached hydrogens (primary N) is 2. The van der Waals surface area contributed by atoms with Crippen LogP contribution in [-0.2, 0) is 20.8 Å². The molecule has 8 heteroatoms. The number of carbonyl (C=O) groups is 3. The van der Waals surface area contributed by atoms with E-state index in [-0.39, 0.29) is 12.8 Å². The zero-order valence-corrected chi connectivity index (χ0v) is 17.3. The van der Waals surface area contributed by atoms with Crippen molar-refractivity contribution in [2.45, 2.75) is 36.1 Å². The lowest BCUT2D eigenvalue weighted by molar-refractivity contribution is -0.163. The Balaban J connectivity index is 2.00. The highest BCUT2D eigenvalue weighted by Crippen LogP contribution is 2.44. The molecule has 158 valence electrons. The van der Waals surface area contributed by atoms with Gasteiger partial charge in [0.1, 0.15) is 0 Å². The number of hydrogen-bond acceptors (Lipinski definition) is 6. The third kappa shape index (κ3) is 3.93. The van der Waals surface area contributed by atoms with Crippen molar-refractivity contribution in [3.8, 4) is 0 Å². The van der Waals surface area contributed by atoms with Crippen molar-refractivity contribution < 1.29 is 19.5 Å². The number of carboxylic acid groups (broad SMARTS) is 1. The molecule has 0 aromatic heterocycles. The van der Waals surface area contributed by atoms with Gasteiger partial charge in [0.2, 0.25) is 11.4 Å². The summed E-state index contributed by atoms with van der Waals surface area (Å²) in [6, 6.07) is 15.6. The van der Waals surface area contributed by atoms with E-state index in [9.17, 15) is 19.5 Å². The van der Waals surface area contributed by atoms with Gasteiger partial charge in [-0.25, -0.2) is 4.79 Å². The zero-order valence-electron chi connectivity index (χ0n) is 16.4. The highest BCUT2D eigenvalue weighted by atomic mass is 32.1. The van der Waals surface area contributed by atoms with Gasteiger partial charge in [-0.2, -0.15) is 12.6 Å². The SMILES string of the molecule is NCC(=O)C1(C(=O)O)CCC(c2ccccc2)N1C(=O)C(S)Cc1ccc(N)cc1. The van der Waals surface area contributed by atoms with Crippen LogP contribution in [-0.4, -0.2) is 45.0 Å². The molecule has 7 nitrogen and oxygen atoms in total. The highest BCUT2D eigenvalue weighted by Gasteiger charge is 2.59. The van der Waals surface area contributed by atoms with E-state index >= 15 is 0 Å². The number of carboxylic acids is 1. The number of aliphatic carboxylic acids is 1. The minimum absolute atomic E-state index is 0.00599. The summed E-state index contributed by atoms with van der Waals surface area (Å²) >= 11 is 4.48. The summed E-state index contributed by atoms with van der Waals surface area (Å²) in [6.07, 6.45) is 0.620. The summed E-state index contributed by atoms with van der Waals surface area (Å²) in [5.41, 5.74) is 11.5. The van der Waals surface area contributed by atoms with Gasteiger partial charge in [-0.15, -0.1) is 0 Å². The van der Waals surface area contributed by atoms with Crippen molar-refractivity contribution in [2.75, 3.05) is 12.3 Å². The number of benzene rings is 2. The Kier molecular flexibility index (Phi) is 6.48. The number of hydrogen-bond donors (Lipinski definition) is 4. The van der Waals surface area contributed by atoms with Gasteiger partial charge in [-0.3, -0.25) is 9.59 Å². The van der Waals surface area contributed by atoms with Gasteiger partial charge in [0.15, 0.2) is 5.78 Å². The Bertz CT molecular complexity index is 935. The molecule has 1 heterocycles. The molecular formula is C22H25N3O4S. The van der Waals surface area contributed by atoms with Crippen LogP contribution < -0.4 is 11.5 Å². The molecule has 1 aliphatic rings. The van der Waals surface area contributed by atoms with Gasteiger partial charge in [-0.05, 0) is 42.5 Å². The minimum Gasteiger partial charge on any atom is -0.479 e. The van der Waals surface area contributed by atoms with Crippen molar-refractivity contribution in [2.24, 2.45) is 5.73 Å².